The molecule has 21 heavy (non-hydrogen) atoms. The molecule has 0 N–H and O–H groups in total. The summed E-state index contributed by atoms with van der Waals surface area (Å²) in [4.78, 5) is 0. The first kappa shape index (κ1) is 15.8. The Morgan fingerprint density at radius 2 is 1.24 bits per heavy atom. The van der Waals surface area contributed by atoms with E-state index in [-0.39, 0.29) is 0 Å². The minimum Gasteiger partial charge on any atom is -0.381 e. The van der Waals surface area contributed by atoms with Crippen LogP contribution >= 0.6 is 0 Å². The lowest BCUT2D eigenvalue weighted by molar-refractivity contribution is 0.242. The average Bonchev–Trinajstić information content (AvgIpc) is 2.56. The number of hydrogen-bond acceptors (Lipinski definition) is 3. The molecule has 0 bridgehead atoms. The van der Waals surface area contributed by atoms with Crippen LogP contribution in [-0.2, 0) is 8.85 Å². The van der Waals surface area contributed by atoms with Crippen molar-refractivity contribution < 1.29 is 8.85 Å². The van der Waals surface area contributed by atoms with E-state index in [1.54, 1.807) is 14.2 Å². The van der Waals surface area contributed by atoms with E-state index in [2.05, 4.69) is 35.8 Å². The van der Waals surface area contributed by atoms with Gasteiger partial charge in [-0.2, -0.15) is 0 Å². The molecule has 2 aromatic carbocycles. The number of nitrogens with zero attached hydrogens (tertiary/aromatic N) is 1. The quantitative estimate of drug-likeness (QED) is 0.704. The molecule has 0 fully saturated rings. The highest BCUT2D eigenvalue weighted by Crippen LogP contribution is 2.34. The predicted molar refractivity (Wildman–Crippen MR) is 89.9 cm³/mol. The second-order valence-electron chi connectivity index (χ2n) is 4.88. The molecule has 0 aliphatic rings. The normalized spacial score (nSPS) is 11.4. The summed E-state index contributed by atoms with van der Waals surface area (Å²) in [5.41, 5.74) is 2.21. The molecule has 112 valence electrons. The summed E-state index contributed by atoms with van der Waals surface area (Å²) in [5.74, 6) is 0. The Bertz CT molecular complexity index is 490. The fourth-order valence-corrected chi connectivity index (χ4v) is 5.47. The molecule has 0 aliphatic carbocycles. The van der Waals surface area contributed by atoms with Gasteiger partial charge in [0.1, 0.15) is 0 Å². The maximum absolute atomic E-state index is 5.94. The van der Waals surface area contributed by atoms with Crippen LogP contribution in [0.2, 0.25) is 6.04 Å². The van der Waals surface area contributed by atoms with Crippen molar-refractivity contribution in [1.82, 2.24) is 0 Å². The lowest BCUT2D eigenvalue weighted by atomic mass is 10.3. The van der Waals surface area contributed by atoms with Gasteiger partial charge in [-0.05, 0) is 24.3 Å². The first-order valence-corrected chi connectivity index (χ1v) is 9.25. The maximum atomic E-state index is 5.94. The molecule has 2 aromatic rings. The molecule has 0 atom stereocenters. The Balaban J connectivity index is 2.55. The molecule has 0 spiro atoms. The van der Waals surface area contributed by atoms with Gasteiger partial charge in [-0.1, -0.05) is 49.7 Å². The van der Waals surface area contributed by atoms with E-state index in [4.69, 9.17) is 8.85 Å². The SMILES string of the molecule is CCC[Si](OC)(OC)N(c1ccccc1)c1ccccc1. The second-order valence-corrected chi connectivity index (χ2v) is 8.07. The standard InChI is InChI=1S/C17H23NO2Si/c1-4-15-21(19-2,20-3)18(16-11-7-5-8-12-16)17-13-9-6-10-14-17/h5-14H,4,15H2,1-3H3. The summed E-state index contributed by atoms with van der Waals surface area (Å²) in [5, 5.41) is 0. The zero-order chi connectivity index (χ0) is 15.1. The largest absolute Gasteiger partial charge is 0.463 e. The first-order valence-electron chi connectivity index (χ1n) is 7.28. The van der Waals surface area contributed by atoms with Crippen LogP contribution in [0.15, 0.2) is 60.7 Å². The van der Waals surface area contributed by atoms with Crippen LogP contribution in [0, 0.1) is 0 Å². The number of hydrogen-bond donors (Lipinski definition) is 0. The lowest BCUT2D eigenvalue weighted by Gasteiger charge is -2.39. The summed E-state index contributed by atoms with van der Waals surface area (Å²) in [6.07, 6.45) is 1.02. The summed E-state index contributed by atoms with van der Waals surface area (Å²) in [6.45, 7) is 2.16. The van der Waals surface area contributed by atoms with E-state index in [9.17, 15) is 0 Å². The Morgan fingerprint density at radius 1 is 0.810 bits per heavy atom. The van der Waals surface area contributed by atoms with Crippen LogP contribution < -0.4 is 4.57 Å². The summed E-state index contributed by atoms with van der Waals surface area (Å²) >= 11 is 0. The van der Waals surface area contributed by atoms with Gasteiger partial charge >= 0.3 is 8.72 Å². The molecule has 4 heteroatoms. The molecular formula is C17H23NO2Si. The van der Waals surface area contributed by atoms with Gasteiger partial charge in [0.25, 0.3) is 0 Å². The third kappa shape index (κ3) is 3.35. The number of para-hydroxylation sites is 2. The van der Waals surface area contributed by atoms with Crippen LogP contribution in [0.1, 0.15) is 13.3 Å². The molecule has 2 rings (SSSR count). The molecular weight excluding hydrogens is 278 g/mol. The molecule has 0 unspecified atom stereocenters. The third-order valence-electron chi connectivity index (χ3n) is 3.57. The Morgan fingerprint density at radius 3 is 1.57 bits per heavy atom. The van der Waals surface area contributed by atoms with Crippen LogP contribution in [0.4, 0.5) is 11.4 Å². The fraction of sp³-hybridized carbons (Fsp3) is 0.294. The number of rotatable bonds is 7. The van der Waals surface area contributed by atoms with E-state index in [0.29, 0.717) is 0 Å². The maximum Gasteiger partial charge on any atom is 0.463 e. The zero-order valence-corrected chi connectivity index (χ0v) is 14.0. The van der Waals surface area contributed by atoms with E-state index in [1.165, 1.54) is 0 Å². The van der Waals surface area contributed by atoms with Gasteiger partial charge in [-0.15, -0.1) is 0 Å². The first-order chi connectivity index (χ1) is 10.3. The van der Waals surface area contributed by atoms with E-state index in [1.807, 2.05) is 36.4 Å². The molecule has 0 saturated heterocycles. The van der Waals surface area contributed by atoms with Crippen molar-refractivity contribution in [3.8, 4) is 0 Å². The zero-order valence-electron chi connectivity index (χ0n) is 13.0. The Kier molecular flexibility index (Phi) is 5.56. The van der Waals surface area contributed by atoms with Gasteiger partial charge in [-0.25, -0.2) is 0 Å². The van der Waals surface area contributed by atoms with Crippen molar-refractivity contribution in [2.75, 3.05) is 18.8 Å². The minimum atomic E-state index is -2.52. The van der Waals surface area contributed by atoms with E-state index in [0.717, 1.165) is 23.8 Å². The molecule has 0 radical (unpaired) electrons. The van der Waals surface area contributed by atoms with Crippen molar-refractivity contribution in [3.63, 3.8) is 0 Å². The van der Waals surface area contributed by atoms with Crippen LogP contribution in [-0.4, -0.2) is 22.9 Å². The molecule has 0 amide bonds. The van der Waals surface area contributed by atoms with Crippen molar-refractivity contribution in [2.45, 2.75) is 19.4 Å². The monoisotopic (exact) mass is 301 g/mol. The van der Waals surface area contributed by atoms with Crippen molar-refractivity contribution in [2.24, 2.45) is 0 Å². The minimum absolute atomic E-state index is 0.907. The Hall–Kier alpha value is -1.62. The topological polar surface area (TPSA) is 21.7 Å². The molecule has 0 aromatic heterocycles. The fourth-order valence-electron chi connectivity index (χ4n) is 2.59. The van der Waals surface area contributed by atoms with Crippen LogP contribution in [0.25, 0.3) is 0 Å². The molecule has 0 aliphatic heterocycles. The van der Waals surface area contributed by atoms with Crippen LogP contribution in [0.5, 0.6) is 0 Å². The van der Waals surface area contributed by atoms with Gasteiger partial charge in [0, 0.05) is 31.6 Å². The third-order valence-corrected chi connectivity index (χ3v) is 7.18. The number of anilines is 2. The second kappa shape index (κ2) is 7.40. The lowest BCUT2D eigenvalue weighted by Crippen LogP contribution is -2.55. The van der Waals surface area contributed by atoms with Crippen molar-refractivity contribution in [1.29, 1.82) is 0 Å². The van der Waals surface area contributed by atoms with Gasteiger partial charge in [0.15, 0.2) is 0 Å². The summed E-state index contributed by atoms with van der Waals surface area (Å²) in [7, 11) is 0.987. The molecule has 0 heterocycles. The Labute approximate surface area is 128 Å². The van der Waals surface area contributed by atoms with Gasteiger partial charge in [0.05, 0.1) is 0 Å². The van der Waals surface area contributed by atoms with Crippen molar-refractivity contribution >= 4 is 20.1 Å². The van der Waals surface area contributed by atoms with Crippen molar-refractivity contribution in [3.05, 3.63) is 60.7 Å². The summed E-state index contributed by atoms with van der Waals surface area (Å²) < 4.78 is 14.1. The smallest absolute Gasteiger partial charge is 0.381 e. The average molecular weight is 301 g/mol. The van der Waals surface area contributed by atoms with Gasteiger partial charge in [0.2, 0.25) is 0 Å². The molecule has 3 nitrogen and oxygen atoms in total. The van der Waals surface area contributed by atoms with Crippen LogP contribution in [0.3, 0.4) is 0 Å². The van der Waals surface area contributed by atoms with E-state index >= 15 is 0 Å². The number of benzene rings is 2. The predicted octanol–water partition coefficient (Wildman–Crippen LogP) is 4.47. The highest BCUT2D eigenvalue weighted by atomic mass is 28.4. The highest BCUT2D eigenvalue weighted by molar-refractivity contribution is 6.73. The summed E-state index contributed by atoms with van der Waals surface area (Å²) in [6, 6.07) is 21.5. The van der Waals surface area contributed by atoms with E-state index < -0.39 is 8.72 Å². The molecule has 0 saturated carbocycles. The van der Waals surface area contributed by atoms with Gasteiger partial charge < -0.3 is 13.4 Å². The highest BCUT2D eigenvalue weighted by Gasteiger charge is 2.44. The van der Waals surface area contributed by atoms with Gasteiger partial charge in [-0.3, -0.25) is 0 Å².